The van der Waals surface area contributed by atoms with Gasteiger partial charge in [-0.2, -0.15) is 9.78 Å². The predicted molar refractivity (Wildman–Crippen MR) is 125 cm³/mol. The summed E-state index contributed by atoms with van der Waals surface area (Å²) >= 11 is 0. The van der Waals surface area contributed by atoms with E-state index in [1.165, 1.54) is 16.8 Å². The van der Waals surface area contributed by atoms with Crippen molar-refractivity contribution in [1.29, 1.82) is 0 Å². The summed E-state index contributed by atoms with van der Waals surface area (Å²) in [5.41, 5.74) is 10.5. The second kappa shape index (κ2) is 9.78. The standard InChI is InChI=1S/C21H20N10O4/c1-13(14-8-10-16(11-9-14)31(33)34)23-25-21(32)18-17(12-29(2)15-6-4-3-5-7-15)30(28-24-18)20-19(22)26-35-27-20/h3-11H,12H2,1-2H3,(H2,22,26)(H,25,32)/b23-13-. The van der Waals surface area contributed by atoms with Crippen LogP contribution in [-0.4, -0.2) is 48.9 Å². The number of hydrazone groups is 1. The van der Waals surface area contributed by atoms with Crippen LogP contribution in [0.15, 0.2) is 64.3 Å². The summed E-state index contributed by atoms with van der Waals surface area (Å²) in [4.78, 5) is 25.2. The molecule has 1 amide bonds. The zero-order valence-corrected chi connectivity index (χ0v) is 18.7. The molecular formula is C21H20N10O4. The van der Waals surface area contributed by atoms with Gasteiger partial charge >= 0.3 is 0 Å². The zero-order valence-electron chi connectivity index (χ0n) is 18.7. The Bertz CT molecular complexity index is 1380. The zero-order chi connectivity index (χ0) is 24.9. The first kappa shape index (κ1) is 23.0. The molecular weight excluding hydrogens is 456 g/mol. The molecule has 178 valence electrons. The molecule has 0 spiro atoms. The Morgan fingerprint density at radius 2 is 1.91 bits per heavy atom. The van der Waals surface area contributed by atoms with E-state index in [2.05, 4.69) is 35.8 Å². The van der Waals surface area contributed by atoms with Crippen LogP contribution < -0.4 is 16.1 Å². The summed E-state index contributed by atoms with van der Waals surface area (Å²) in [6.45, 7) is 1.88. The van der Waals surface area contributed by atoms with E-state index in [1.54, 1.807) is 19.1 Å². The first-order valence-electron chi connectivity index (χ1n) is 10.2. The Morgan fingerprint density at radius 1 is 1.20 bits per heavy atom. The summed E-state index contributed by atoms with van der Waals surface area (Å²) in [5.74, 6) is -0.542. The molecule has 0 fully saturated rings. The van der Waals surface area contributed by atoms with E-state index in [4.69, 9.17) is 5.73 Å². The van der Waals surface area contributed by atoms with Crippen LogP contribution in [-0.2, 0) is 6.54 Å². The first-order chi connectivity index (χ1) is 16.8. The van der Waals surface area contributed by atoms with Crippen molar-refractivity contribution in [2.75, 3.05) is 17.7 Å². The monoisotopic (exact) mass is 476 g/mol. The third kappa shape index (κ3) is 4.95. The molecule has 0 radical (unpaired) electrons. The van der Waals surface area contributed by atoms with Gasteiger partial charge < -0.3 is 10.6 Å². The Hall–Kier alpha value is -5.14. The van der Waals surface area contributed by atoms with Gasteiger partial charge in [-0.25, -0.2) is 10.1 Å². The highest BCUT2D eigenvalue weighted by atomic mass is 16.6. The number of anilines is 2. The van der Waals surface area contributed by atoms with Crippen molar-refractivity contribution < 1.29 is 14.3 Å². The van der Waals surface area contributed by atoms with Gasteiger partial charge in [0.2, 0.25) is 11.6 Å². The van der Waals surface area contributed by atoms with Gasteiger partial charge in [0.15, 0.2) is 5.69 Å². The highest BCUT2D eigenvalue weighted by molar-refractivity contribution is 6.00. The number of nitrogen functional groups attached to an aromatic ring is 1. The van der Waals surface area contributed by atoms with Crippen LogP contribution in [0.1, 0.15) is 28.7 Å². The summed E-state index contributed by atoms with van der Waals surface area (Å²) in [6, 6.07) is 15.3. The maximum Gasteiger partial charge on any atom is 0.293 e. The van der Waals surface area contributed by atoms with E-state index in [-0.39, 0.29) is 29.6 Å². The van der Waals surface area contributed by atoms with Crippen molar-refractivity contribution in [3.8, 4) is 5.82 Å². The van der Waals surface area contributed by atoms with Gasteiger partial charge in [-0.15, -0.1) is 5.10 Å². The molecule has 0 bridgehead atoms. The van der Waals surface area contributed by atoms with Gasteiger partial charge in [-0.3, -0.25) is 14.9 Å². The minimum atomic E-state index is -0.621. The summed E-state index contributed by atoms with van der Waals surface area (Å²) in [5, 5.41) is 30.3. The van der Waals surface area contributed by atoms with Gasteiger partial charge in [-0.05, 0) is 47.1 Å². The van der Waals surface area contributed by atoms with Crippen LogP contribution in [0.5, 0.6) is 0 Å². The third-order valence-electron chi connectivity index (χ3n) is 5.08. The molecule has 3 N–H and O–H groups in total. The fourth-order valence-electron chi connectivity index (χ4n) is 3.20. The first-order valence-corrected chi connectivity index (χ1v) is 10.2. The average molecular weight is 476 g/mol. The van der Waals surface area contributed by atoms with Crippen LogP contribution >= 0.6 is 0 Å². The Balaban J connectivity index is 1.61. The second-order valence-corrected chi connectivity index (χ2v) is 7.40. The number of benzene rings is 2. The molecule has 0 aliphatic rings. The molecule has 35 heavy (non-hydrogen) atoms. The van der Waals surface area contributed by atoms with Gasteiger partial charge in [-0.1, -0.05) is 23.4 Å². The van der Waals surface area contributed by atoms with Crippen LogP contribution in [0.3, 0.4) is 0 Å². The lowest BCUT2D eigenvalue weighted by Crippen LogP contribution is -2.25. The van der Waals surface area contributed by atoms with Crippen LogP contribution in [0.2, 0.25) is 0 Å². The van der Waals surface area contributed by atoms with Gasteiger partial charge in [0.25, 0.3) is 11.6 Å². The Labute approximate surface area is 198 Å². The number of amides is 1. The number of nitrogens with one attached hydrogen (secondary N) is 1. The summed E-state index contributed by atoms with van der Waals surface area (Å²) in [7, 11) is 1.84. The maximum absolute atomic E-state index is 13.0. The van der Waals surface area contributed by atoms with E-state index in [1.807, 2.05) is 42.3 Å². The van der Waals surface area contributed by atoms with Crippen LogP contribution in [0, 0.1) is 10.1 Å². The van der Waals surface area contributed by atoms with Crippen molar-refractivity contribution in [2.45, 2.75) is 13.5 Å². The third-order valence-corrected chi connectivity index (χ3v) is 5.08. The number of aromatic nitrogens is 5. The number of carbonyl (C=O) groups is 1. The topological polar surface area (TPSA) is 183 Å². The SMILES string of the molecule is C/C(=N/NC(=O)c1nnn(-c2nonc2N)c1CN(C)c1ccccc1)c1ccc([N+](=O)[O-])cc1. The van der Waals surface area contributed by atoms with E-state index in [0.717, 1.165) is 5.69 Å². The van der Waals surface area contributed by atoms with Gasteiger partial charge in [0, 0.05) is 24.9 Å². The predicted octanol–water partition coefficient (Wildman–Crippen LogP) is 1.93. The number of carbonyl (C=O) groups excluding carboxylic acids is 1. The molecule has 0 aliphatic carbocycles. The molecule has 2 aromatic carbocycles. The maximum atomic E-state index is 13.0. The van der Waals surface area contributed by atoms with Gasteiger partial charge in [0.05, 0.1) is 22.9 Å². The molecule has 14 nitrogen and oxygen atoms in total. The molecule has 14 heteroatoms. The van der Waals surface area contributed by atoms with E-state index in [0.29, 0.717) is 17.0 Å². The number of hydrogen-bond acceptors (Lipinski definition) is 11. The quantitative estimate of drug-likeness (QED) is 0.216. The fourth-order valence-corrected chi connectivity index (χ4v) is 3.20. The normalized spacial score (nSPS) is 11.3. The largest absolute Gasteiger partial charge is 0.378 e. The van der Waals surface area contributed by atoms with Crippen molar-refractivity contribution in [3.05, 3.63) is 81.7 Å². The molecule has 2 aromatic heterocycles. The van der Waals surface area contributed by atoms with E-state index >= 15 is 0 Å². The number of non-ortho nitro benzene ring substituents is 1. The van der Waals surface area contributed by atoms with Crippen molar-refractivity contribution in [3.63, 3.8) is 0 Å². The second-order valence-electron chi connectivity index (χ2n) is 7.40. The lowest BCUT2D eigenvalue weighted by molar-refractivity contribution is -0.384. The fraction of sp³-hybridized carbons (Fsp3) is 0.143. The number of para-hydroxylation sites is 1. The number of rotatable bonds is 8. The number of nitro groups is 1. The van der Waals surface area contributed by atoms with Crippen molar-refractivity contribution >= 4 is 28.8 Å². The molecule has 0 atom stereocenters. The number of nitrogens with zero attached hydrogens (tertiary/aromatic N) is 8. The summed E-state index contributed by atoms with van der Waals surface area (Å²) < 4.78 is 5.96. The van der Waals surface area contributed by atoms with Crippen LogP contribution in [0.25, 0.3) is 5.82 Å². The average Bonchev–Trinajstić information content (AvgIpc) is 3.48. The molecule has 0 saturated carbocycles. The lowest BCUT2D eigenvalue weighted by Gasteiger charge is -2.19. The van der Waals surface area contributed by atoms with E-state index < -0.39 is 10.8 Å². The minimum Gasteiger partial charge on any atom is -0.378 e. The molecule has 4 aromatic rings. The van der Waals surface area contributed by atoms with Crippen molar-refractivity contribution in [2.24, 2.45) is 5.10 Å². The minimum absolute atomic E-state index is 0.00423. The van der Waals surface area contributed by atoms with Gasteiger partial charge in [0.1, 0.15) is 0 Å². The molecule has 0 saturated heterocycles. The van der Waals surface area contributed by atoms with Crippen LogP contribution in [0.4, 0.5) is 17.2 Å². The number of nitro benzene ring substituents is 1. The van der Waals surface area contributed by atoms with E-state index in [9.17, 15) is 14.9 Å². The highest BCUT2D eigenvalue weighted by Crippen LogP contribution is 2.20. The summed E-state index contributed by atoms with van der Waals surface area (Å²) in [6.07, 6.45) is 0. The smallest absolute Gasteiger partial charge is 0.293 e. The Kier molecular flexibility index (Phi) is 6.44. The molecule has 2 heterocycles. The lowest BCUT2D eigenvalue weighted by atomic mass is 10.1. The molecule has 0 unspecified atom stereocenters. The molecule has 4 rings (SSSR count). The highest BCUT2D eigenvalue weighted by Gasteiger charge is 2.25. The Morgan fingerprint density at radius 3 is 2.54 bits per heavy atom. The van der Waals surface area contributed by atoms with Crippen molar-refractivity contribution in [1.82, 2.24) is 30.7 Å². The number of hydrogen-bond donors (Lipinski definition) is 2. The number of nitrogens with two attached hydrogens (primary N) is 1. The molecule has 0 aliphatic heterocycles.